The predicted octanol–water partition coefficient (Wildman–Crippen LogP) is 1.23. The molecular weight excluding hydrogens is 204 g/mol. The van der Waals surface area contributed by atoms with E-state index in [2.05, 4.69) is 9.98 Å². The van der Waals surface area contributed by atoms with Crippen molar-refractivity contribution in [3.63, 3.8) is 0 Å². The molecule has 0 aliphatic heterocycles. The van der Waals surface area contributed by atoms with Gasteiger partial charge >= 0.3 is 0 Å². The second-order valence-corrected chi connectivity index (χ2v) is 3.07. The minimum absolute atomic E-state index is 0.476. The van der Waals surface area contributed by atoms with Gasteiger partial charge in [0.05, 0.1) is 25.5 Å². The number of hydrogen-bond acceptors (Lipinski definition) is 4. The molecule has 0 radical (unpaired) electrons. The number of carbonyl (C=O) groups is 2. The normalized spacial score (nSPS) is 11.0. The molecule has 0 bridgehead atoms. The van der Waals surface area contributed by atoms with Crippen LogP contribution >= 0.6 is 0 Å². The van der Waals surface area contributed by atoms with Crippen LogP contribution in [0.2, 0.25) is 0 Å². The van der Waals surface area contributed by atoms with Crippen molar-refractivity contribution in [3.05, 3.63) is 35.4 Å². The second-order valence-electron chi connectivity index (χ2n) is 3.07. The minimum atomic E-state index is 0.476. The summed E-state index contributed by atoms with van der Waals surface area (Å²) in [5.74, 6) is 0. The summed E-state index contributed by atoms with van der Waals surface area (Å²) in [4.78, 5) is 27.9. The molecule has 0 saturated carbocycles. The molecular formula is C12H12N2O2. The Hall–Kier alpha value is -2.10. The van der Waals surface area contributed by atoms with Crippen LogP contribution in [-0.2, 0) is 22.7 Å². The van der Waals surface area contributed by atoms with Crippen molar-refractivity contribution in [1.82, 2.24) is 0 Å². The first kappa shape index (κ1) is 12.0. The van der Waals surface area contributed by atoms with Gasteiger partial charge in [-0.3, -0.25) is 19.6 Å². The van der Waals surface area contributed by atoms with Crippen molar-refractivity contribution in [2.75, 3.05) is 0 Å². The minimum Gasteiger partial charge on any atom is -0.297 e. The highest BCUT2D eigenvalue weighted by molar-refractivity contribution is 6.13. The summed E-state index contributed by atoms with van der Waals surface area (Å²) in [5.41, 5.74) is 2.02. The lowest BCUT2D eigenvalue weighted by Gasteiger charge is -1.99. The first-order chi connectivity index (χ1) is 7.86. The van der Waals surface area contributed by atoms with E-state index in [4.69, 9.17) is 0 Å². The maximum atomic E-state index is 10.0. The zero-order valence-corrected chi connectivity index (χ0v) is 8.74. The molecule has 0 saturated heterocycles. The third kappa shape index (κ3) is 4.41. The van der Waals surface area contributed by atoms with Gasteiger partial charge in [-0.2, -0.15) is 0 Å². The molecule has 1 rings (SSSR count). The van der Waals surface area contributed by atoms with Gasteiger partial charge in [-0.25, -0.2) is 0 Å². The Bertz CT molecular complexity index is 376. The number of benzene rings is 1. The van der Waals surface area contributed by atoms with E-state index in [1.807, 2.05) is 24.3 Å². The van der Waals surface area contributed by atoms with Crippen LogP contribution in [0.5, 0.6) is 0 Å². The highest BCUT2D eigenvalue weighted by Crippen LogP contribution is 2.07. The summed E-state index contributed by atoms with van der Waals surface area (Å²) >= 11 is 0. The van der Waals surface area contributed by atoms with Gasteiger partial charge in [-0.15, -0.1) is 0 Å². The van der Waals surface area contributed by atoms with E-state index in [1.165, 1.54) is 12.4 Å². The van der Waals surface area contributed by atoms with Gasteiger partial charge in [0.15, 0.2) is 12.6 Å². The number of rotatable bonds is 6. The van der Waals surface area contributed by atoms with Crippen molar-refractivity contribution >= 4 is 25.0 Å². The van der Waals surface area contributed by atoms with Crippen LogP contribution in [0, 0.1) is 0 Å². The van der Waals surface area contributed by atoms with Crippen LogP contribution in [-0.4, -0.2) is 25.0 Å². The Labute approximate surface area is 93.7 Å². The monoisotopic (exact) mass is 216 g/mol. The maximum Gasteiger partial charge on any atom is 0.160 e. The van der Waals surface area contributed by atoms with Crippen LogP contribution in [0.3, 0.4) is 0 Å². The Balaban J connectivity index is 2.63. The van der Waals surface area contributed by atoms with Crippen LogP contribution in [0.25, 0.3) is 0 Å². The summed E-state index contributed by atoms with van der Waals surface area (Å²) in [6.45, 7) is 0.952. The van der Waals surface area contributed by atoms with Gasteiger partial charge < -0.3 is 0 Å². The maximum absolute atomic E-state index is 10.0. The zero-order chi connectivity index (χ0) is 11.6. The highest BCUT2D eigenvalue weighted by atomic mass is 16.1. The van der Waals surface area contributed by atoms with E-state index >= 15 is 0 Å². The molecule has 0 spiro atoms. The quantitative estimate of drug-likeness (QED) is 0.530. The van der Waals surface area contributed by atoms with Gasteiger partial charge in [0.2, 0.25) is 0 Å². The Morgan fingerprint density at radius 2 is 1.44 bits per heavy atom. The van der Waals surface area contributed by atoms with Gasteiger partial charge in [0, 0.05) is 0 Å². The van der Waals surface area contributed by atoms with E-state index in [9.17, 15) is 9.59 Å². The summed E-state index contributed by atoms with van der Waals surface area (Å²) in [6, 6.07) is 7.70. The molecule has 1 aromatic rings. The van der Waals surface area contributed by atoms with E-state index < -0.39 is 0 Å². The van der Waals surface area contributed by atoms with Gasteiger partial charge in [0.25, 0.3) is 0 Å². The van der Waals surface area contributed by atoms with E-state index in [-0.39, 0.29) is 0 Å². The fourth-order valence-electron chi connectivity index (χ4n) is 1.23. The van der Waals surface area contributed by atoms with Crippen LogP contribution in [0.15, 0.2) is 34.3 Å². The van der Waals surface area contributed by atoms with Crippen LogP contribution in [0.4, 0.5) is 0 Å². The Morgan fingerprint density at radius 3 is 1.88 bits per heavy atom. The van der Waals surface area contributed by atoms with Crippen LogP contribution < -0.4 is 0 Å². The van der Waals surface area contributed by atoms with Crippen molar-refractivity contribution < 1.29 is 9.59 Å². The molecule has 0 N–H and O–H groups in total. The number of aldehydes is 2. The number of aliphatic imine (C=N–C) groups is 2. The van der Waals surface area contributed by atoms with E-state index in [0.717, 1.165) is 11.1 Å². The summed E-state index contributed by atoms with van der Waals surface area (Å²) in [5, 5.41) is 0. The number of nitrogens with zero attached hydrogens (tertiary/aromatic N) is 2. The standard InChI is InChI=1S/C12H12N2O2/c15-6-4-13-9-11-2-1-3-12(8-11)10-14-5-7-16/h1-8H,9-10H2. The average Bonchev–Trinajstić information content (AvgIpc) is 2.30. The zero-order valence-electron chi connectivity index (χ0n) is 8.74. The lowest BCUT2D eigenvalue weighted by molar-refractivity contribution is -0.103. The van der Waals surface area contributed by atoms with Crippen LogP contribution in [0.1, 0.15) is 11.1 Å². The lowest BCUT2D eigenvalue weighted by atomic mass is 10.1. The van der Waals surface area contributed by atoms with E-state index in [0.29, 0.717) is 25.7 Å². The fraction of sp³-hybridized carbons (Fsp3) is 0.167. The van der Waals surface area contributed by atoms with Gasteiger partial charge in [-0.1, -0.05) is 24.3 Å². The third-order valence-corrected chi connectivity index (χ3v) is 1.87. The smallest absolute Gasteiger partial charge is 0.160 e. The lowest BCUT2D eigenvalue weighted by Crippen LogP contribution is -1.88. The molecule has 82 valence electrons. The molecule has 0 aliphatic carbocycles. The largest absolute Gasteiger partial charge is 0.297 e. The molecule has 0 amide bonds. The molecule has 0 aliphatic rings. The predicted molar refractivity (Wildman–Crippen MR) is 63.0 cm³/mol. The fourth-order valence-corrected chi connectivity index (χ4v) is 1.23. The highest BCUT2D eigenvalue weighted by Gasteiger charge is 1.93. The first-order valence-corrected chi connectivity index (χ1v) is 4.82. The molecule has 0 fully saturated rings. The van der Waals surface area contributed by atoms with Crippen molar-refractivity contribution in [3.8, 4) is 0 Å². The molecule has 4 heteroatoms. The second kappa shape index (κ2) is 7.23. The summed E-state index contributed by atoms with van der Waals surface area (Å²) in [6.07, 6.45) is 3.77. The molecule has 0 unspecified atom stereocenters. The Morgan fingerprint density at radius 1 is 0.938 bits per heavy atom. The Kier molecular flexibility index (Phi) is 5.41. The molecule has 16 heavy (non-hydrogen) atoms. The van der Waals surface area contributed by atoms with Gasteiger partial charge in [-0.05, 0) is 11.1 Å². The summed E-state index contributed by atoms with van der Waals surface area (Å²) < 4.78 is 0. The number of carbonyl (C=O) groups excluding carboxylic acids is 2. The van der Waals surface area contributed by atoms with E-state index in [1.54, 1.807) is 0 Å². The average molecular weight is 216 g/mol. The molecule has 0 aromatic heterocycles. The van der Waals surface area contributed by atoms with Crippen molar-refractivity contribution in [2.45, 2.75) is 13.1 Å². The van der Waals surface area contributed by atoms with Crippen molar-refractivity contribution in [2.24, 2.45) is 9.98 Å². The molecule has 1 aromatic carbocycles. The number of hydrogen-bond donors (Lipinski definition) is 0. The summed E-state index contributed by atoms with van der Waals surface area (Å²) in [7, 11) is 0. The topological polar surface area (TPSA) is 58.9 Å². The molecule has 0 heterocycles. The molecule has 0 atom stereocenters. The molecule has 4 nitrogen and oxygen atoms in total. The third-order valence-electron chi connectivity index (χ3n) is 1.87. The van der Waals surface area contributed by atoms with Crippen molar-refractivity contribution in [1.29, 1.82) is 0 Å². The SMILES string of the molecule is O=CC=NCc1cccc(CN=CC=O)c1. The van der Waals surface area contributed by atoms with Gasteiger partial charge in [0.1, 0.15) is 0 Å². The first-order valence-electron chi connectivity index (χ1n) is 4.82.